The summed E-state index contributed by atoms with van der Waals surface area (Å²) in [6.45, 7) is 4.04. The molecular formula is C18H26N2O3. The number of nitrogens with one attached hydrogen (secondary N) is 1. The van der Waals surface area contributed by atoms with Crippen molar-refractivity contribution in [2.45, 2.75) is 51.2 Å². The summed E-state index contributed by atoms with van der Waals surface area (Å²) in [6.07, 6.45) is 2.72. The summed E-state index contributed by atoms with van der Waals surface area (Å²) in [5, 5.41) is 12.7. The van der Waals surface area contributed by atoms with Crippen LogP contribution >= 0.6 is 0 Å². The lowest BCUT2D eigenvalue weighted by atomic mass is 9.98. The van der Waals surface area contributed by atoms with E-state index >= 15 is 0 Å². The van der Waals surface area contributed by atoms with E-state index in [9.17, 15) is 14.7 Å². The van der Waals surface area contributed by atoms with Gasteiger partial charge >= 0.3 is 0 Å². The van der Waals surface area contributed by atoms with Crippen LogP contribution in [-0.4, -0.2) is 47.1 Å². The first kappa shape index (κ1) is 17.5. The van der Waals surface area contributed by atoms with Gasteiger partial charge in [-0.15, -0.1) is 0 Å². The van der Waals surface area contributed by atoms with Crippen LogP contribution in [0.3, 0.4) is 0 Å². The molecule has 1 atom stereocenters. The summed E-state index contributed by atoms with van der Waals surface area (Å²) < 4.78 is 0. The third-order valence-corrected chi connectivity index (χ3v) is 4.35. The first-order valence-electron chi connectivity index (χ1n) is 8.11. The molecule has 0 spiro atoms. The molecular weight excluding hydrogens is 292 g/mol. The first-order valence-corrected chi connectivity index (χ1v) is 8.11. The minimum absolute atomic E-state index is 0.0878. The van der Waals surface area contributed by atoms with Crippen LogP contribution < -0.4 is 5.32 Å². The van der Waals surface area contributed by atoms with Gasteiger partial charge in [-0.1, -0.05) is 12.1 Å². The van der Waals surface area contributed by atoms with Crippen LogP contribution in [0.1, 0.15) is 49.0 Å². The Kier molecular flexibility index (Phi) is 5.42. The predicted octanol–water partition coefficient (Wildman–Crippen LogP) is 1.74. The number of carbonyl (C=O) groups is 2. The quantitative estimate of drug-likeness (QED) is 0.839. The Hall–Kier alpha value is -1.88. The van der Waals surface area contributed by atoms with E-state index in [1.165, 1.54) is 0 Å². The van der Waals surface area contributed by atoms with Gasteiger partial charge in [0.15, 0.2) is 0 Å². The number of benzene rings is 1. The van der Waals surface area contributed by atoms with Crippen molar-refractivity contribution in [3.63, 3.8) is 0 Å². The fourth-order valence-electron chi connectivity index (χ4n) is 2.73. The molecule has 5 nitrogen and oxygen atoms in total. The van der Waals surface area contributed by atoms with E-state index in [1.54, 1.807) is 31.9 Å². The summed E-state index contributed by atoms with van der Waals surface area (Å²) >= 11 is 0. The molecule has 1 aliphatic heterocycles. The van der Waals surface area contributed by atoms with Gasteiger partial charge < -0.3 is 15.3 Å². The van der Waals surface area contributed by atoms with Gasteiger partial charge in [-0.2, -0.15) is 0 Å². The largest absolute Gasteiger partial charge is 0.390 e. The number of nitrogens with zero attached hydrogens (tertiary/aromatic N) is 1. The fourth-order valence-corrected chi connectivity index (χ4v) is 2.73. The molecule has 1 aromatic carbocycles. The second kappa shape index (κ2) is 7.13. The van der Waals surface area contributed by atoms with Crippen LogP contribution in [0.2, 0.25) is 0 Å². The highest BCUT2D eigenvalue weighted by atomic mass is 16.3. The Labute approximate surface area is 137 Å². The summed E-state index contributed by atoms with van der Waals surface area (Å²) in [5.41, 5.74) is 0.941. The Morgan fingerprint density at radius 3 is 2.78 bits per heavy atom. The van der Waals surface area contributed by atoms with Gasteiger partial charge in [0.2, 0.25) is 5.91 Å². The Morgan fingerprint density at radius 2 is 2.17 bits per heavy atom. The van der Waals surface area contributed by atoms with Crippen molar-refractivity contribution < 1.29 is 14.7 Å². The molecule has 1 aromatic rings. The van der Waals surface area contributed by atoms with Gasteiger partial charge in [-0.25, -0.2) is 0 Å². The summed E-state index contributed by atoms with van der Waals surface area (Å²) in [7, 11) is 1.78. The Morgan fingerprint density at radius 1 is 1.43 bits per heavy atom. The van der Waals surface area contributed by atoms with Crippen molar-refractivity contribution >= 4 is 11.8 Å². The second-order valence-electron chi connectivity index (χ2n) is 6.92. The van der Waals surface area contributed by atoms with Crippen molar-refractivity contribution in [1.82, 2.24) is 10.2 Å². The highest BCUT2D eigenvalue weighted by molar-refractivity contribution is 5.94. The standard InChI is InChI=1S/C18H26N2O3/c1-18(2,23)10-9-13-5-4-6-14(11-13)17(22)19-12-15-7-8-16(21)20(15)3/h4-6,11,15,23H,7-10,12H2,1-3H3,(H,19,22). The van der Waals surface area contributed by atoms with Crippen molar-refractivity contribution in [3.05, 3.63) is 35.4 Å². The average molecular weight is 318 g/mol. The lowest BCUT2D eigenvalue weighted by molar-refractivity contribution is -0.127. The van der Waals surface area contributed by atoms with Crippen molar-refractivity contribution in [3.8, 4) is 0 Å². The van der Waals surface area contributed by atoms with Crippen molar-refractivity contribution in [2.24, 2.45) is 0 Å². The molecule has 23 heavy (non-hydrogen) atoms. The van der Waals surface area contributed by atoms with Gasteiger partial charge in [-0.3, -0.25) is 9.59 Å². The molecule has 1 unspecified atom stereocenters. The zero-order chi connectivity index (χ0) is 17.0. The number of likely N-dealkylation sites (N-methyl/N-ethyl adjacent to an activating group) is 1. The maximum atomic E-state index is 12.3. The topological polar surface area (TPSA) is 69.6 Å². The number of hydrogen-bond acceptors (Lipinski definition) is 3. The van der Waals surface area contributed by atoms with Crippen molar-refractivity contribution in [1.29, 1.82) is 0 Å². The van der Waals surface area contributed by atoms with Crippen LogP contribution in [0.15, 0.2) is 24.3 Å². The molecule has 1 heterocycles. The molecule has 0 saturated carbocycles. The lowest BCUT2D eigenvalue weighted by Gasteiger charge is -2.20. The Balaban J connectivity index is 1.90. The Bertz CT molecular complexity index is 578. The smallest absolute Gasteiger partial charge is 0.251 e. The molecule has 0 radical (unpaired) electrons. The molecule has 0 aliphatic carbocycles. The van der Waals surface area contributed by atoms with E-state index < -0.39 is 5.60 Å². The van der Waals surface area contributed by atoms with Crippen LogP contribution in [0.25, 0.3) is 0 Å². The predicted molar refractivity (Wildman–Crippen MR) is 89.2 cm³/mol. The van der Waals surface area contributed by atoms with Gasteiger partial charge in [0.25, 0.3) is 5.91 Å². The molecule has 1 aliphatic rings. The van der Waals surface area contributed by atoms with Gasteiger partial charge in [0.05, 0.1) is 5.60 Å². The van der Waals surface area contributed by atoms with E-state index in [0.717, 1.165) is 18.4 Å². The number of carbonyl (C=O) groups excluding carboxylic acids is 2. The number of hydrogen-bond donors (Lipinski definition) is 2. The van der Waals surface area contributed by atoms with Gasteiger partial charge in [0, 0.05) is 31.6 Å². The fraction of sp³-hybridized carbons (Fsp3) is 0.556. The molecule has 2 N–H and O–H groups in total. The summed E-state index contributed by atoms with van der Waals surface area (Å²) in [5.74, 6) is 0.0146. The molecule has 0 bridgehead atoms. The maximum absolute atomic E-state index is 12.3. The zero-order valence-corrected chi connectivity index (χ0v) is 14.1. The number of likely N-dealkylation sites (tertiary alicyclic amines) is 1. The van der Waals surface area contributed by atoms with E-state index in [1.807, 2.05) is 18.2 Å². The van der Waals surface area contributed by atoms with Crippen molar-refractivity contribution in [2.75, 3.05) is 13.6 Å². The number of amides is 2. The molecule has 1 fully saturated rings. The molecule has 126 valence electrons. The normalized spacial score (nSPS) is 18.3. The summed E-state index contributed by atoms with van der Waals surface area (Å²) in [4.78, 5) is 25.5. The average Bonchev–Trinajstić information content (AvgIpc) is 2.82. The molecule has 1 saturated heterocycles. The van der Waals surface area contributed by atoms with Crippen LogP contribution in [0.4, 0.5) is 0 Å². The van der Waals surface area contributed by atoms with E-state index in [-0.39, 0.29) is 17.9 Å². The van der Waals surface area contributed by atoms with Crippen LogP contribution in [0, 0.1) is 0 Å². The zero-order valence-electron chi connectivity index (χ0n) is 14.1. The number of rotatable bonds is 6. The molecule has 5 heteroatoms. The highest BCUT2D eigenvalue weighted by Gasteiger charge is 2.27. The monoisotopic (exact) mass is 318 g/mol. The minimum Gasteiger partial charge on any atom is -0.390 e. The minimum atomic E-state index is -0.710. The SMILES string of the molecule is CN1C(=O)CCC1CNC(=O)c1cccc(CCC(C)(C)O)c1. The molecule has 2 rings (SSSR count). The number of aryl methyl sites for hydroxylation is 1. The van der Waals surface area contributed by atoms with E-state index in [2.05, 4.69) is 5.32 Å². The third-order valence-electron chi connectivity index (χ3n) is 4.35. The lowest BCUT2D eigenvalue weighted by Crippen LogP contribution is -2.39. The molecule has 0 aromatic heterocycles. The maximum Gasteiger partial charge on any atom is 0.251 e. The van der Waals surface area contributed by atoms with E-state index in [4.69, 9.17) is 0 Å². The second-order valence-corrected chi connectivity index (χ2v) is 6.92. The van der Waals surface area contributed by atoms with Gasteiger partial charge in [-0.05, 0) is 50.8 Å². The first-order chi connectivity index (χ1) is 10.8. The third kappa shape index (κ3) is 5.06. The van der Waals surface area contributed by atoms with Gasteiger partial charge in [0.1, 0.15) is 0 Å². The van der Waals surface area contributed by atoms with Crippen LogP contribution in [-0.2, 0) is 11.2 Å². The molecule has 2 amide bonds. The van der Waals surface area contributed by atoms with Crippen LogP contribution in [0.5, 0.6) is 0 Å². The highest BCUT2D eigenvalue weighted by Crippen LogP contribution is 2.16. The summed E-state index contributed by atoms with van der Waals surface area (Å²) in [6, 6.07) is 7.56. The number of aliphatic hydroxyl groups is 1. The van der Waals surface area contributed by atoms with E-state index in [0.29, 0.717) is 24.9 Å².